The molecule has 0 bridgehead atoms. The van der Waals surface area contributed by atoms with Crippen molar-refractivity contribution in [3.05, 3.63) is 58.4 Å². The van der Waals surface area contributed by atoms with Crippen molar-refractivity contribution in [2.45, 2.75) is 0 Å². The van der Waals surface area contributed by atoms with Gasteiger partial charge in [-0.1, -0.05) is 0 Å². The average molecular weight is 392 g/mol. The van der Waals surface area contributed by atoms with Gasteiger partial charge in [0.05, 0.1) is 5.56 Å². The third kappa shape index (κ3) is 4.25. The van der Waals surface area contributed by atoms with Crippen molar-refractivity contribution in [2.24, 2.45) is 0 Å². The number of benzene rings is 2. The molecule has 0 saturated heterocycles. The van der Waals surface area contributed by atoms with Crippen molar-refractivity contribution in [1.82, 2.24) is 0 Å². The van der Waals surface area contributed by atoms with Gasteiger partial charge >= 0.3 is 11.9 Å². The second kappa shape index (κ2) is 7.89. The number of carboxylic acid groups (broad SMARTS) is 2. The Kier molecular flexibility index (Phi) is 5.83. The standard InChI is InChI=1S/C16H9F5O6/c17-8-3-6(15(22)23)4-9(18)13(8)26-1-2-27-14-10(19)5-7(16(24)25)11(20)12(14)21/h3-5H,1-2H2,(H,22,23)(H,24,25). The summed E-state index contributed by atoms with van der Waals surface area (Å²) in [6.45, 7) is -1.35. The van der Waals surface area contributed by atoms with Crippen LogP contribution in [-0.2, 0) is 0 Å². The predicted molar refractivity (Wildman–Crippen MR) is 77.6 cm³/mol. The SMILES string of the molecule is O=C(O)c1cc(F)c(OCCOc2c(F)cc(C(=O)O)c(F)c2F)c(F)c1. The van der Waals surface area contributed by atoms with Gasteiger partial charge in [0.15, 0.2) is 34.8 Å². The van der Waals surface area contributed by atoms with E-state index in [4.69, 9.17) is 14.9 Å². The molecule has 0 aromatic heterocycles. The fraction of sp³-hybridized carbons (Fsp3) is 0.125. The Bertz CT molecular complexity index is 892. The van der Waals surface area contributed by atoms with E-state index in [0.29, 0.717) is 12.1 Å². The predicted octanol–water partition coefficient (Wildman–Crippen LogP) is 3.24. The summed E-state index contributed by atoms with van der Waals surface area (Å²) in [5.74, 6) is -13.5. The maximum absolute atomic E-state index is 13.7. The summed E-state index contributed by atoms with van der Waals surface area (Å²) in [6, 6.07) is 1.21. The zero-order valence-corrected chi connectivity index (χ0v) is 13.1. The minimum Gasteiger partial charge on any atom is -0.484 e. The van der Waals surface area contributed by atoms with E-state index in [1.807, 2.05) is 0 Å². The molecular weight excluding hydrogens is 383 g/mol. The highest BCUT2D eigenvalue weighted by Gasteiger charge is 2.24. The molecule has 0 aliphatic heterocycles. The summed E-state index contributed by atoms with van der Waals surface area (Å²) in [4.78, 5) is 21.3. The van der Waals surface area contributed by atoms with E-state index < -0.39 is 76.9 Å². The lowest BCUT2D eigenvalue weighted by molar-refractivity contribution is 0.0681. The molecule has 27 heavy (non-hydrogen) atoms. The molecule has 0 unspecified atom stereocenters. The third-order valence-corrected chi connectivity index (χ3v) is 3.17. The van der Waals surface area contributed by atoms with Gasteiger partial charge in [0.25, 0.3) is 0 Å². The van der Waals surface area contributed by atoms with Crippen LogP contribution in [0, 0.1) is 29.1 Å². The van der Waals surface area contributed by atoms with Crippen molar-refractivity contribution in [3.8, 4) is 11.5 Å². The molecule has 2 rings (SSSR count). The van der Waals surface area contributed by atoms with Gasteiger partial charge in [-0.15, -0.1) is 0 Å². The Balaban J connectivity index is 2.07. The van der Waals surface area contributed by atoms with E-state index in [0.717, 1.165) is 0 Å². The summed E-state index contributed by atoms with van der Waals surface area (Å²) in [5, 5.41) is 17.3. The minimum atomic E-state index is -1.89. The normalized spacial score (nSPS) is 10.6. The molecule has 2 N–H and O–H groups in total. The topological polar surface area (TPSA) is 93.1 Å². The maximum atomic E-state index is 13.7. The van der Waals surface area contributed by atoms with Gasteiger partial charge in [-0.2, -0.15) is 4.39 Å². The molecule has 0 atom stereocenters. The van der Waals surface area contributed by atoms with Crippen LogP contribution in [-0.4, -0.2) is 35.4 Å². The lowest BCUT2D eigenvalue weighted by atomic mass is 10.2. The summed E-state index contributed by atoms with van der Waals surface area (Å²) in [5.41, 5.74) is -1.90. The van der Waals surface area contributed by atoms with E-state index in [9.17, 15) is 31.5 Å². The Morgan fingerprint density at radius 1 is 0.741 bits per heavy atom. The van der Waals surface area contributed by atoms with Gasteiger partial charge in [-0.05, 0) is 18.2 Å². The molecule has 0 radical (unpaired) electrons. The number of carbonyl (C=O) groups is 2. The van der Waals surface area contributed by atoms with Crippen LogP contribution in [0.3, 0.4) is 0 Å². The molecule has 0 amide bonds. The highest BCUT2D eigenvalue weighted by atomic mass is 19.2. The number of aromatic carboxylic acids is 2. The second-order valence-electron chi connectivity index (χ2n) is 4.94. The molecule has 0 aliphatic carbocycles. The van der Waals surface area contributed by atoms with E-state index >= 15 is 0 Å². The fourth-order valence-electron chi connectivity index (χ4n) is 1.98. The van der Waals surface area contributed by atoms with Crippen molar-refractivity contribution >= 4 is 11.9 Å². The average Bonchev–Trinajstić information content (AvgIpc) is 2.58. The first-order chi connectivity index (χ1) is 12.6. The van der Waals surface area contributed by atoms with Crippen molar-refractivity contribution < 1.29 is 51.2 Å². The molecular formula is C16H9F5O6. The van der Waals surface area contributed by atoms with Gasteiger partial charge in [0, 0.05) is 0 Å². The van der Waals surface area contributed by atoms with Gasteiger partial charge in [-0.25, -0.2) is 27.2 Å². The highest BCUT2D eigenvalue weighted by Crippen LogP contribution is 2.27. The quantitative estimate of drug-likeness (QED) is 0.427. The zero-order chi connectivity index (χ0) is 20.3. The van der Waals surface area contributed by atoms with E-state index in [-0.39, 0.29) is 6.07 Å². The van der Waals surface area contributed by atoms with Crippen LogP contribution in [0.4, 0.5) is 22.0 Å². The Morgan fingerprint density at radius 2 is 1.22 bits per heavy atom. The number of halogens is 5. The number of hydrogen-bond acceptors (Lipinski definition) is 4. The Labute approximate surface area is 147 Å². The summed E-state index contributed by atoms with van der Waals surface area (Å²) in [6.07, 6.45) is 0. The van der Waals surface area contributed by atoms with Gasteiger partial charge in [0.1, 0.15) is 18.8 Å². The van der Waals surface area contributed by atoms with Gasteiger partial charge in [0.2, 0.25) is 5.82 Å². The van der Waals surface area contributed by atoms with Gasteiger partial charge in [-0.3, -0.25) is 0 Å². The molecule has 0 saturated carbocycles. The van der Waals surface area contributed by atoms with Crippen LogP contribution in [0.25, 0.3) is 0 Å². The van der Waals surface area contributed by atoms with Crippen LogP contribution in [0.15, 0.2) is 18.2 Å². The number of hydrogen-bond donors (Lipinski definition) is 2. The van der Waals surface area contributed by atoms with Crippen molar-refractivity contribution in [1.29, 1.82) is 0 Å². The van der Waals surface area contributed by atoms with E-state index in [1.165, 1.54) is 0 Å². The minimum absolute atomic E-state index is 0.209. The van der Waals surface area contributed by atoms with Crippen LogP contribution in [0.2, 0.25) is 0 Å². The number of carboxylic acids is 2. The third-order valence-electron chi connectivity index (χ3n) is 3.17. The smallest absolute Gasteiger partial charge is 0.338 e. The van der Waals surface area contributed by atoms with Crippen LogP contribution < -0.4 is 9.47 Å². The number of ether oxygens (including phenoxy) is 2. The first kappa shape index (κ1) is 19.9. The molecule has 0 spiro atoms. The Morgan fingerprint density at radius 3 is 1.70 bits per heavy atom. The maximum Gasteiger partial charge on any atom is 0.338 e. The summed E-state index contributed by atoms with van der Waals surface area (Å²) < 4.78 is 77.3. The molecule has 0 aliphatic rings. The lowest BCUT2D eigenvalue weighted by Gasteiger charge is -2.12. The van der Waals surface area contributed by atoms with Crippen molar-refractivity contribution in [2.75, 3.05) is 13.2 Å². The molecule has 0 fully saturated rings. The van der Waals surface area contributed by atoms with Crippen LogP contribution in [0.1, 0.15) is 20.7 Å². The molecule has 2 aromatic carbocycles. The van der Waals surface area contributed by atoms with Crippen LogP contribution in [0.5, 0.6) is 11.5 Å². The number of rotatable bonds is 7. The van der Waals surface area contributed by atoms with E-state index in [2.05, 4.69) is 4.74 Å². The van der Waals surface area contributed by atoms with Gasteiger partial charge < -0.3 is 19.7 Å². The Hall–Kier alpha value is -3.37. The first-order valence-electron chi connectivity index (χ1n) is 7.02. The second-order valence-corrected chi connectivity index (χ2v) is 4.94. The molecule has 2 aromatic rings. The molecule has 11 heteroatoms. The first-order valence-corrected chi connectivity index (χ1v) is 7.02. The van der Waals surface area contributed by atoms with Crippen LogP contribution >= 0.6 is 0 Å². The highest BCUT2D eigenvalue weighted by molar-refractivity contribution is 5.88. The summed E-state index contributed by atoms with van der Waals surface area (Å²) in [7, 11) is 0. The fourth-order valence-corrected chi connectivity index (χ4v) is 1.98. The van der Waals surface area contributed by atoms with Crippen molar-refractivity contribution in [3.63, 3.8) is 0 Å². The molecule has 6 nitrogen and oxygen atoms in total. The summed E-state index contributed by atoms with van der Waals surface area (Å²) >= 11 is 0. The van der Waals surface area contributed by atoms with E-state index in [1.54, 1.807) is 0 Å². The largest absolute Gasteiger partial charge is 0.484 e. The lowest BCUT2D eigenvalue weighted by Crippen LogP contribution is -2.14. The zero-order valence-electron chi connectivity index (χ0n) is 13.1. The monoisotopic (exact) mass is 392 g/mol. The molecule has 144 valence electrons. The molecule has 0 heterocycles.